The van der Waals surface area contributed by atoms with Crippen molar-refractivity contribution < 1.29 is 9.90 Å². The highest BCUT2D eigenvalue weighted by molar-refractivity contribution is 8.00. The summed E-state index contributed by atoms with van der Waals surface area (Å²) in [6.45, 7) is 1.33. The smallest absolute Gasteiger partial charge is 0.314 e. The van der Waals surface area contributed by atoms with Crippen LogP contribution in [0, 0.1) is 0 Å². The molecule has 2 rings (SSSR count). The van der Waals surface area contributed by atoms with Crippen LogP contribution in [-0.2, 0) is 0 Å². The lowest BCUT2D eigenvalue weighted by Gasteiger charge is -2.36. The van der Waals surface area contributed by atoms with Crippen LogP contribution in [0.25, 0.3) is 0 Å². The summed E-state index contributed by atoms with van der Waals surface area (Å²) in [6.07, 6.45) is 6.04. The van der Waals surface area contributed by atoms with E-state index < -0.39 is 5.60 Å². The van der Waals surface area contributed by atoms with Gasteiger partial charge in [0.25, 0.3) is 0 Å². The van der Waals surface area contributed by atoms with Crippen molar-refractivity contribution in [1.82, 2.24) is 10.6 Å². The predicted octanol–water partition coefficient (Wildman–Crippen LogP) is 1.49. The molecule has 1 saturated carbocycles. The molecule has 0 aromatic carbocycles. The van der Waals surface area contributed by atoms with Crippen molar-refractivity contribution in [2.45, 2.75) is 49.4 Å². The van der Waals surface area contributed by atoms with E-state index in [1.54, 1.807) is 0 Å². The zero-order chi connectivity index (χ0) is 12.1. The molecule has 0 aromatic heterocycles. The Balaban J connectivity index is 1.51. The van der Waals surface area contributed by atoms with Crippen molar-refractivity contribution >= 4 is 17.8 Å². The first-order valence-electron chi connectivity index (χ1n) is 6.54. The SMILES string of the molecule is O=C(NCCC1(O)CCC1)NC[C@H]1CCCS1. The van der Waals surface area contributed by atoms with Gasteiger partial charge in [-0.3, -0.25) is 0 Å². The molecule has 1 saturated heterocycles. The number of urea groups is 1. The third kappa shape index (κ3) is 4.07. The number of aliphatic hydroxyl groups is 1. The van der Waals surface area contributed by atoms with Gasteiger partial charge in [0.2, 0.25) is 0 Å². The summed E-state index contributed by atoms with van der Waals surface area (Å²) in [5, 5.41) is 16.2. The molecule has 0 bridgehead atoms. The van der Waals surface area contributed by atoms with Crippen LogP contribution < -0.4 is 10.6 Å². The molecule has 98 valence electrons. The van der Waals surface area contributed by atoms with E-state index in [2.05, 4.69) is 10.6 Å². The van der Waals surface area contributed by atoms with E-state index in [0.717, 1.165) is 25.8 Å². The van der Waals surface area contributed by atoms with Crippen molar-refractivity contribution in [2.24, 2.45) is 0 Å². The van der Waals surface area contributed by atoms with Gasteiger partial charge in [0.15, 0.2) is 0 Å². The summed E-state index contributed by atoms with van der Waals surface area (Å²) in [5.41, 5.74) is -0.491. The first-order valence-corrected chi connectivity index (χ1v) is 7.59. The van der Waals surface area contributed by atoms with Gasteiger partial charge >= 0.3 is 6.03 Å². The molecule has 1 atom stereocenters. The number of thioether (sulfide) groups is 1. The van der Waals surface area contributed by atoms with Gasteiger partial charge in [-0.1, -0.05) is 0 Å². The maximum Gasteiger partial charge on any atom is 0.314 e. The molecule has 0 aromatic rings. The number of hydrogen-bond acceptors (Lipinski definition) is 3. The van der Waals surface area contributed by atoms with Gasteiger partial charge in [0.1, 0.15) is 0 Å². The molecule has 1 heterocycles. The normalized spacial score (nSPS) is 26.3. The Bertz CT molecular complexity index is 263. The standard InChI is InChI=1S/C12H22N2O2S/c15-11(14-9-10-3-1-8-17-10)13-7-6-12(16)4-2-5-12/h10,16H,1-9H2,(H2,13,14,15)/t10-/m1/s1. The average Bonchev–Trinajstić information content (AvgIpc) is 2.77. The van der Waals surface area contributed by atoms with Gasteiger partial charge in [0.05, 0.1) is 5.60 Å². The molecule has 5 heteroatoms. The molecule has 3 N–H and O–H groups in total. The summed E-state index contributed by atoms with van der Waals surface area (Å²) in [4.78, 5) is 11.5. The van der Waals surface area contributed by atoms with E-state index in [9.17, 15) is 9.90 Å². The van der Waals surface area contributed by atoms with Crippen molar-refractivity contribution in [2.75, 3.05) is 18.8 Å². The van der Waals surface area contributed by atoms with E-state index in [1.165, 1.54) is 18.6 Å². The number of nitrogens with one attached hydrogen (secondary N) is 2. The second-order valence-electron chi connectivity index (χ2n) is 5.10. The molecule has 2 aliphatic rings. The number of carbonyl (C=O) groups is 1. The third-order valence-corrected chi connectivity index (χ3v) is 5.07. The monoisotopic (exact) mass is 258 g/mol. The van der Waals surface area contributed by atoms with Gasteiger partial charge in [-0.2, -0.15) is 11.8 Å². The second-order valence-corrected chi connectivity index (χ2v) is 6.51. The van der Waals surface area contributed by atoms with Crippen LogP contribution in [0.5, 0.6) is 0 Å². The van der Waals surface area contributed by atoms with Crippen LogP contribution in [0.15, 0.2) is 0 Å². The summed E-state index contributed by atoms with van der Waals surface area (Å²) >= 11 is 1.94. The van der Waals surface area contributed by atoms with Crippen molar-refractivity contribution in [3.63, 3.8) is 0 Å². The Kier molecular flexibility index (Phi) is 4.56. The number of hydrogen-bond donors (Lipinski definition) is 3. The predicted molar refractivity (Wildman–Crippen MR) is 70.3 cm³/mol. The Morgan fingerprint density at radius 3 is 2.76 bits per heavy atom. The number of rotatable bonds is 5. The minimum atomic E-state index is -0.491. The van der Waals surface area contributed by atoms with Gasteiger partial charge in [-0.25, -0.2) is 4.79 Å². The fraction of sp³-hybridized carbons (Fsp3) is 0.917. The minimum absolute atomic E-state index is 0.0968. The van der Waals surface area contributed by atoms with Crippen molar-refractivity contribution in [1.29, 1.82) is 0 Å². The van der Waals surface area contributed by atoms with E-state index in [0.29, 0.717) is 18.2 Å². The van der Waals surface area contributed by atoms with Gasteiger partial charge in [-0.05, 0) is 44.3 Å². The summed E-state index contributed by atoms with van der Waals surface area (Å²) in [5.74, 6) is 1.22. The minimum Gasteiger partial charge on any atom is -0.390 e. The Labute approximate surface area is 107 Å². The van der Waals surface area contributed by atoms with E-state index >= 15 is 0 Å². The van der Waals surface area contributed by atoms with Gasteiger partial charge < -0.3 is 15.7 Å². The highest BCUT2D eigenvalue weighted by Crippen LogP contribution is 2.34. The average molecular weight is 258 g/mol. The van der Waals surface area contributed by atoms with Crippen LogP contribution in [0.2, 0.25) is 0 Å². The highest BCUT2D eigenvalue weighted by Gasteiger charge is 2.33. The molecule has 2 amide bonds. The van der Waals surface area contributed by atoms with Crippen LogP contribution >= 0.6 is 11.8 Å². The molecule has 4 nitrogen and oxygen atoms in total. The molecular weight excluding hydrogens is 236 g/mol. The number of amides is 2. The molecule has 2 fully saturated rings. The van der Waals surface area contributed by atoms with Crippen molar-refractivity contribution in [3.8, 4) is 0 Å². The van der Waals surface area contributed by atoms with Gasteiger partial charge in [0, 0.05) is 18.3 Å². The van der Waals surface area contributed by atoms with Crippen LogP contribution in [0.1, 0.15) is 38.5 Å². The van der Waals surface area contributed by atoms with E-state index in [1.807, 2.05) is 11.8 Å². The summed E-state index contributed by atoms with van der Waals surface area (Å²) in [7, 11) is 0. The Hall–Kier alpha value is -0.420. The van der Waals surface area contributed by atoms with Crippen LogP contribution in [0.4, 0.5) is 4.79 Å². The largest absolute Gasteiger partial charge is 0.390 e. The van der Waals surface area contributed by atoms with Gasteiger partial charge in [-0.15, -0.1) is 0 Å². The zero-order valence-electron chi connectivity index (χ0n) is 10.2. The maximum atomic E-state index is 11.5. The van der Waals surface area contributed by atoms with Crippen LogP contribution in [-0.4, -0.2) is 40.8 Å². The molecule has 0 spiro atoms. The lowest BCUT2D eigenvalue weighted by molar-refractivity contribution is -0.0388. The molecule has 0 unspecified atom stereocenters. The Morgan fingerprint density at radius 1 is 1.35 bits per heavy atom. The molecule has 1 aliphatic heterocycles. The number of carbonyl (C=O) groups excluding carboxylic acids is 1. The first kappa shape index (κ1) is 13.0. The quantitative estimate of drug-likeness (QED) is 0.700. The highest BCUT2D eigenvalue weighted by atomic mass is 32.2. The third-order valence-electron chi connectivity index (χ3n) is 3.67. The van der Waals surface area contributed by atoms with E-state index in [-0.39, 0.29) is 6.03 Å². The topological polar surface area (TPSA) is 61.4 Å². The Morgan fingerprint density at radius 2 is 2.18 bits per heavy atom. The molecule has 0 radical (unpaired) electrons. The summed E-state index contributed by atoms with van der Waals surface area (Å²) < 4.78 is 0. The summed E-state index contributed by atoms with van der Waals surface area (Å²) in [6, 6.07) is -0.0968. The maximum absolute atomic E-state index is 11.5. The lowest BCUT2D eigenvalue weighted by Crippen LogP contribution is -2.43. The fourth-order valence-corrected chi connectivity index (χ4v) is 3.52. The van der Waals surface area contributed by atoms with Crippen molar-refractivity contribution in [3.05, 3.63) is 0 Å². The second kappa shape index (κ2) is 5.96. The first-order chi connectivity index (χ1) is 8.18. The van der Waals surface area contributed by atoms with Crippen LogP contribution in [0.3, 0.4) is 0 Å². The molecule has 1 aliphatic carbocycles. The zero-order valence-corrected chi connectivity index (χ0v) is 11.0. The lowest BCUT2D eigenvalue weighted by atomic mass is 9.78. The molecule has 17 heavy (non-hydrogen) atoms. The molecular formula is C12H22N2O2S. The van der Waals surface area contributed by atoms with E-state index in [4.69, 9.17) is 0 Å². The fourth-order valence-electron chi connectivity index (χ4n) is 2.32.